The highest BCUT2D eigenvalue weighted by Crippen LogP contribution is 2.11. The fraction of sp³-hybridized carbons (Fsp3) is 0.100. The highest BCUT2D eigenvalue weighted by molar-refractivity contribution is 14.1. The van der Waals surface area contributed by atoms with Gasteiger partial charge in [-0.3, -0.25) is 4.79 Å². The predicted octanol–water partition coefficient (Wildman–Crippen LogP) is 1.65. The number of hydrogen-bond acceptors (Lipinski definition) is 3. The van der Waals surface area contributed by atoms with E-state index in [1.807, 2.05) is 18.2 Å². The zero-order chi connectivity index (χ0) is 10.8. The van der Waals surface area contributed by atoms with Crippen LogP contribution in [0.4, 0.5) is 0 Å². The lowest BCUT2D eigenvalue weighted by Crippen LogP contribution is -2.08. The fourth-order valence-electron chi connectivity index (χ4n) is 1.27. The number of carbonyl (C=O) groups is 1. The molecular weight excluding hydrogens is 305 g/mol. The van der Waals surface area contributed by atoms with Crippen LogP contribution in [0.2, 0.25) is 0 Å². The van der Waals surface area contributed by atoms with E-state index in [0.717, 1.165) is 3.57 Å². The number of ketones is 1. The van der Waals surface area contributed by atoms with E-state index in [2.05, 4.69) is 32.9 Å². The lowest BCUT2D eigenvalue weighted by atomic mass is 10.1. The van der Waals surface area contributed by atoms with Crippen LogP contribution >= 0.6 is 22.6 Å². The third-order valence-electron chi connectivity index (χ3n) is 2.03. The molecule has 1 aromatic heterocycles. The molecule has 0 bridgehead atoms. The summed E-state index contributed by atoms with van der Waals surface area (Å²) < 4.78 is 2.51. The molecule has 0 fully saturated rings. The molecule has 0 radical (unpaired) electrons. The summed E-state index contributed by atoms with van der Waals surface area (Å²) in [6.07, 6.45) is 1.47. The van der Waals surface area contributed by atoms with Gasteiger partial charge in [0.05, 0.1) is 6.20 Å². The van der Waals surface area contributed by atoms with Gasteiger partial charge in [0.15, 0.2) is 0 Å². The Balaban J connectivity index is 2.41. The number of aromatic nitrogens is 3. The van der Waals surface area contributed by atoms with Crippen molar-refractivity contribution < 1.29 is 4.79 Å². The first-order valence-corrected chi connectivity index (χ1v) is 5.41. The second kappa shape index (κ2) is 4.09. The van der Waals surface area contributed by atoms with Gasteiger partial charge in [-0.05, 0) is 34.7 Å². The molecular formula is C10H8IN3O. The van der Waals surface area contributed by atoms with Crippen LogP contribution in [0.15, 0.2) is 30.5 Å². The lowest BCUT2D eigenvalue weighted by Gasteiger charge is -2.00. The Kier molecular flexibility index (Phi) is 2.81. The van der Waals surface area contributed by atoms with Gasteiger partial charge in [-0.1, -0.05) is 17.3 Å². The molecule has 0 atom stereocenters. The summed E-state index contributed by atoms with van der Waals surface area (Å²) in [5.41, 5.74) is 1.16. The maximum Gasteiger partial charge on any atom is 0.212 e. The number of carbonyl (C=O) groups excluding carboxylic acids is 1. The normalized spacial score (nSPS) is 10.3. The van der Waals surface area contributed by atoms with Crippen LogP contribution in [0, 0.1) is 3.57 Å². The Bertz CT molecular complexity index is 507. The van der Waals surface area contributed by atoms with Crippen molar-refractivity contribution in [2.75, 3.05) is 0 Å². The molecule has 0 saturated carbocycles. The minimum atomic E-state index is -0.0546. The van der Waals surface area contributed by atoms with E-state index in [0.29, 0.717) is 11.3 Å². The van der Waals surface area contributed by atoms with Crippen molar-refractivity contribution in [1.82, 2.24) is 15.0 Å². The predicted molar refractivity (Wildman–Crippen MR) is 63.6 cm³/mol. The van der Waals surface area contributed by atoms with Crippen molar-refractivity contribution in [2.24, 2.45) is 7.05 Å². The van der Waals surface area contributed by atoms with Crippen LogP contribution in [-0.4, -0.2) is 20.8 Å². The quantitative estimate of drug-likeness (QED) is 0.626. The average molecular weight is 313 g/mol. The van der Waals surface area contributed by atoms with E-state index in [9.17, 15) is 4.79 Å². The van der Waals surface area contributed by atoms with Gasteiger partial charge in [-0.25, -0.2) is 4.68 Å². The molecule has 1 aromatic carbocycles. The van der Waals surface area contributed by atoms with Gasteiger partial charge in [-0.15, -0.1) is 5.10 Å². The topological polar surface area (TPSA) is 47.8 Å². The fourth-order valence-corrected chi connectivity index (χ4v) is 1.82. The van der Waals surface area contributed by atoms with Crippen molar-refractivity contribution in [3.05, 3.63) is 45.3 Å². The molecule has 1 heterocycles. The average Bonchev–Trinajstić information content (AvgIpc) is 2.63. The summed E-state index contributed by atoms with van der Waals surface area (Å²) in [5.74, 6) is -0.0546. The van der Waals surface area contributed by atoms with E-state index >= 15 is 0 Å². The number of rotatable bonds is 2. The first-order valence-electron chi connectivity index (χ1n) is 4.33. The van der Waals surface area contributed by atoms with Crippen LogP contribution in [-0.2, 0) is 7.05 Å². The lowest BCUT2D eigenvalue weighted by molar-refractivity contribution is 0.103. The van der Waals surface area contributed by atoms with Crippen LogP contribution in [0.1, 0.15) is 16.1 Å². The second-order valence-electron chi connectivity index (χ2n) is 3.08. The summed E-state index contributed by atoms with van der Waals surface area (Å²) in [5, 5.41) is 7.41. The highest BCUT2D eigenvalue weighted by Gasteiger charge is 2.13. The summed E-state index contributed by atoms with van der Waals surface area (Å²) in [7, 11) is 1.70. The molecule has 76 valence electrons. The van der Waals surface area contributed by atoms with Crippen molar-refractivity contribution in [2.45, 2.75) is 0 Å². The van der Waals surface area contributed by atoms with Crippen LogP contribution in [0.3, 0.4) is 0 Å². The van der Waals surface area contributed by atoms with Crippen LogP contribution < -0.4 is 0 Å². The number of nitrogens with zero attached hydrogens (tertiary/aromatic N) is 3. The first-order chi connectivity index (χ1) is 7.18. The Morgan fingerprint density at radius 1 is 1.47 bits per heavy atom. The maximum atomic E-state index is 12.0. The minimum Gasteiger partial charge on any atom is -0.287 e. The second-order valence-corrected chi connectivity index (χ2v) is 4.33. The molecule has 4 nitrogen and oxygen atoms in total. The summed E-state index contributed by atoms with van der Waals surface area (Å²) >= 11 is 2.18. The van der Waals surface area contributed by atoms with Crippen molar-refractivity contribution in [3.63, 3.8) is 0 Å². The van der Waals surface area contributed by atoms with Gasteiger partial charge in [-0.2, -0.15) is 0 Å². The van der Waals surface area contributed by atoms with Gasteiger partial charge >= 0.3 is 0 Å². The van der Waals surface area contributed by atoms with E-state index < -0.39 is 0 Å². The van der Waals surface area contributed by atoms with Gasteiger partial charge in [0, 0.05) is 16.2 Å². The zero-order valence-electron chi connectivity index (χ0n) is 8.01. The summed E-state index contributed by atoms with van der Waals surface area (Å²) in [6, 6.07) is 7.44. The third kappa shape index (κ3) is 2.06. The van der Waals surface area contributed by atoms with E-state index in [4.69, 9.17) is 0 Å². The first kappa shape index (κ1) is 10.3. The number of halogens is 1. The molecule has 0 amide bonds. The molecule has 0 spiro atoms. The monoisotopic (exact) mass is 313 g/mol. The summed E-state index contributed by atoms with van der Waals surface area (Å²) in [6.45, 7) is 0. The standard InChI is InChI=1S/C10H8IN3O/c1-14-9(6-12-13-14)10(15)7-3-2-4-8(11)5-7/h2-6H,1H3. The van der Waals surface area contributed by atoms with Crippen molar-refractivity contribution in [1.29, 1.82) is 0 Å². The Morgan fingerprint density at radius 2 is 2.27 bits per heavy atom. The third-order valence-corrected chi connectivity index (χ3v) is 2.70. The SMILES string of the molecule is Cn1nncc1C(=O)c1cccc(I)c1. The van der Waals surface area contributed by atoms with E-state index in [1.54, 1.807) is 13.1 Å². The molecule has 2 rings (SSSR count). The molecule has 0 aliphatic rings. The summed E-state index contributed by atoms with van der Waals surface area (Å²) in [4.78, 5) is 12.0. The van der Waals surface area contributed by atoms with Crippen molar-refractivity contribution in [3.8, 4) is 0 Å². The highest BCUT2D eigenvalue weighted by atomic mass is 127. The maximum absolute atomic E-state index is 12.0. The Morgan fingerprint density at radius 3 is 2.87 bits per heavy atom. The Hall–Kier alpha value is -1.24. The van der Waals surface area contributed by atoms with E-state index in [-0.39, 0.29) is 5.78 Å². The number of hydrogen-bond donors (Lipinski definition) is 0. The largest absolute Gasteiger partial charge is 0.287 e. The molecule has 0 N–H and O–H groups in total. The molecule has 0 unspecified atom stereocenters. The van der Waals surface area contributed by atoms with Crippen LogP contribution in [0.25, 0.3) is 0 Å². The van der Waals surface area contributed by atoms with Gasteiger partial charge < -0.3 is 0 Å². The zero-order valence-corrected chi connectivity index (χ0v) is 10.2. The van der Waals surface area contributed by atoms with Gasteiger partial charge in [0.1, 0.15) is 5.69 Å². The smallest absolute Gasteiger partial charge is 0.212 e. The molecule has 15 heavy (non-hydrogen) atoms. The number of benzene rings is 1. The molecule has 5 heteroatoms. The Labute approximate surface area is 100 Å². The molecule has 0 aliphatic heterocycles. The molecule has 0 saturated heterocycles. The van der Waals surface area contributed by atoms with Gasteiger partial charge in [0.2, 0.25) is 5.78 Å². The van der Waals surface area contributed by atoms with Gasteiger partial charge in [0.25, 0.3) is 0 Å². The minimum absolute atomic E-state index is 0.0546. The molecule has 2 aromatic rings. The van der Waals surface area contributed by atoms with Crippen LogP contribution in [0.5, 0.6) is 0 Å². The molecule has 0 aliphatic carbocycles. The number of aryl methyl sites for hydroxylation is 1. The van der Waals surface area contributed by atoms with Crippen molar-refractivity contribution >= 4 is 28.4 Å². The van der Waals surface area contributed by atoms with E-state index in [1.165, 1.54) is 10.9 Å².